The number of hydrogen-bond acceptors (Lipinski definition) is 2. The first-order valence-electron chi connectivity index (χ1n) is 6.00. The predicted octanol–water partition coefficient (Wildman–Crippen LogP) is 3.44. The van der Waals surface area contributed by atoms with Crippen LogP contribution in [0.4, 0.5) is 4.39 Å². The van der Waals surface area contributed by atoms with Crippen LogP contribution in [-0.4, -0.2) is 12.4 Å². The molecule has 0 spiro atoms. The van der Waals surface area contributed by atoms with Crippen molar-refractivity contribution in [1.29, 1.82) is 0 Å². The fourth-order valence-corrected chi connectivity index (χ4v) is 1.81. The molecule has 1 aliphatic carbocycles. The second-order valence-electron chi connectivity index (χ2n) is 4.18. The minimum absolute atomic E-state index is 0.115. The van der Waals surface area contributed by atoms with Gasteiger partial charge in [0.25, 0.3) is 0 Å². The van der Waals surface area contributed by atoms with Crippen molar-refractivity contribution in [2.45, 2.75) is 19.3 Å². The Labute approximate surface area is 106 Å². The van der Waals surface area contributed by atoms with Gasteiger partial charge >= 0.3 is 0 Å². The molecule has 0 saturated carbocycles. The van der Waals surface area contributed by atoms with Crippen LogP contribution in [0.3, 0.4) is 0 Å². The molecule has 18 heavy (non-hydrogen) atoms. The Kier molecular flexibility index (Phi) is 4.29. The first kappa shape index (κ1) is 12.6. The summed E-state index contributed by atoms with van der Waals surface area (Å²) in [5, 5.41) is 0. The fourth-order valence-electron chi connectivity index (χ4n) is 1.81. The van der Waals surface area contributed by atoms with Gasteiger partial charge in [-0.15, -0.1) is 0 Å². The van der Waals surface area contributed by atoms with Crippen molar-refractivity contribution >= 4 is 5.78 Å². The van der Waals surface area contributed by atoms with Gasteiger partial charge in [-0.2, -0.15) is 0 Å². The van der Waals surface area contributed by atoms with Gasteiger partial charge in [-0.25, -0.2) is 4.39 Å². The van der Waals surface area contributed by atoms with Crippen molar-refractivity contribution in [2.75, 3.05) is 6.61 Å². The second kappa shape index (κ2) is 6.15. The van der Waals surface area contributed by atoms with Gasteiger partial charge < -0.3 is 4.74 Å². The number of hydrogen-bond donors (Lipinski definition) is 0. The average Bonchev–Trinajstić information content (AvgIpc) is 2.56. The van der Waals surface area contributed by atoms with Crippen LogP contribution in [0.1, 0.15) is 19.3 Å². The number of para-hydroxylation sites is 1. The van der Waals surface area contributed by atoms with Gasteiger partial charge in [0, 0.05) is 12.8 Å². The normalized spacial score (nSPS) is 15.2. The first-order valence-corrected chi connectivity index (χ1v) is 6.00. The lowest BCUT2D eigenvalue weighted by Gasteiger charge is -2.08. The zero-order chi connectivity index (χ0) is 12.8. The van der Waals surface area contributed by atoms with Gasteiger partial charge in [0.2, 0.25) is 0 Å². The number of carbonyl (C=O) groups excluding carboxylic acids is 1. The number of carbonyl (C=O) groups is 1. The summed E-state index contributed by atoms with van der Waals surface area (Å²) in [6, 6.07) is 6.32. The van der Waals surface area contributed by atoms with Gasteiger partial charge in [0.15, 0.2) is 17.3 Å². The maximum absolute atomic E-state index is 13.3. The number of halogens is 1. The number of ketones is 1. The summed E-state index contributed by atoms with van der Waals surface area (Å²) in [4.78, 5) is 11.4. The highest BCUT2D eigenvalue weighted by molar-refractivity contribution is 5.91. The van der Waals surface area contributed by atoms with Gasteiger partial charge in [-0.3, -0.25) is 4.79 Å². The molecule has 0 radical (unpaired) electrons. The van der Waals surface area contributed by atoms with Crippen LogP contribution in [0.2, 0.25) is 0 Å². The number of allylic oxidation sites excluding steroid dienone is 3. The lowest BCUT2D eigenvalue weighted by atomic mass is 10.1. The van der Waals surface area contributed by atoms with E-state index in [2.05, 4.69) is 0 Å². The van der Waals surface area contributed by atoms with Gasteiger partial charge in [0.1, 0.15) is 0 Å². The monoisotopic (exact) mass is 246 g/mol. The standard InChI is InChI=1S/C15H15FO2/c16-14-7-3-4-8-15(14)18-10-9-12-5-1-2-6-13(17)11-12/h1-4,7-8,11H,5-6,9-10H2. The third-order valence-corrected chi connectivity index (χ3v) is 2.75. The van der Waals surface area contributed by atoms with Gasteiger partial charge in [0.05, 0.1) is 6.61 Å². The Morgan fingerprint density at radius 3 is 2.78 bits per heavy atom. The Hall–Kier alpha value is -1.90. The Bertz CT molecular complexity index is 489. The molecule has 0 saturated heterocycles. The molecule has 0 N–H and O–H groups in total. The third-order valence-electron chi connectivity index (χ3n) is 2.75. The molecular weight excluding hydrogens is 231 g/mol. The van der Waals surface area contributed by atoms with E-state index < -0.39 is 0 Å². The van der Waals surface area contributed by atoms with Crippen molar-refractivity contribution in [1.82, 2.24) is 0 Å². The van der Waals surface area contributed by atoms with E-state index in [-0.39, 0.29) is 17.3 Å². The highest BCUT2D eigenvalue weighted by atomic mass is 19.1. The van der Waals surface area contributed by atoms with E-state index >= 15 is 0 Å². The highest BCUT2D eigenvalue weighted by Gasteiger charge is 2.06. The summed E-state index contributed by atoms with van der Waals surface area (Å²) in [7, 11) is 0. The smallest absolute Gasteiger partial charge is 0.165 e. The minimum atomic E-state index is -0.358. The van der Waals surface area contributed by atoms with E-state index in [1.807, 2.05) is 12.2 Å². The average molecular weight is 246 g/mol. The fraction of sp³-hybridized carbons (Fsp3) is 0.267. The van der Waals surface area contributed by atoms with Gasteiger partial charge in [-0.05, 0) is 24.6 Å². The number of ether oxygens (including phenoxy) is 1. The zero-order valence-electron chi connectivity index (χ0n) is 10.1. The maximum atomic E-state index is 13.3. The van der Waals surface area contributed by atoms with Crippen LogP contribution in [0, 0.1) is 5.82 Å². The lowest BCUT2D eigenvalue weighted by Crippen LogP contribution is -2.01. The second-order valence-corrected chi connectivity index (χ2v) is 4.18. The van der Waals surface area contributed by atoms with E-state index in [1.54, 1.807) is 24.3 Å². The molecule has 0 aromatic heterocycles. The molecule has 0 amide bonds. The molecule has 2 rings (SSSR count). The summed E-state index contributed by atoms with van der Waals surface area (Å²) in [5.41, 5.74) is 1.03. The van der Waals surface area contributed by atoms with Gasteiger partial charge in [-0.1, -0.05) is 29.9 Å². The highest BCUT2D eigenvalue weighted by Crippen LogP contribution is 2.18. The van der Waals surface area contributed by atoms with Crippen molar-refractivity contribution in [3.8, 4) is 5.75 Å². The molecule has 3 heteroatoms. The van der Waals surface area contributed by atoms with E-state index in [9.17, 15) is 9.18 Å². The molecule has 1 aliphatic rings. The summed E-state index contributed by atoms with van der Waals surface area (Å²) >= 11 is 0. The molecule has 0 fully saturated rings. The largest absolute Gasteiger partial charge is 0.490 e. The third kappa shape index (κ3) is 3.55. The molecule has 0 atom stereocenters. The van der Waals surface area contributed by atoms with E-state index in [1.165, 1.54) is 6.07 Å². The molecular formula is C15H15FO2. The molecule has 1 aromatic rings. The quantitative estimate of drug-likeness (QED) is 0.761. The Morgan fingerprint density at radius 1 is 1.17 bits per heavy atom. The molecule has 2 nitrogen and oxygen atoms in total. The SMILES string of the molecule is O=C1C=C(CCOc2ccccc2F)CC=CC1. The van der Waals surface area contributed by atoms with E-state index in [0.29, 0.717) is 19.4 Å². The van der Waals surface area contributed by atoms with Crippen LogP contribution in [-0.2, 0) is 4.79 Å². The van der Waals surface area contributed by atoms with E-state index in [0.717, 1.165) is 12.0 Å². The Balaban J connectivity index is 1.87. The lowest BCUT2D eigenvalue weighted by molar-refractivity contribution is -0.113. The maximum Gasteiger partial charge on any atom is 0.165 e. The van der Waals surface area contributed by atoms with Crippen molar-refractivity contribution in [2.24, 2.45) is 0 Å². The summed E-state index contributed by atoms with van der Waals surface area (Å²) in [5.74, 6) is 0.0153. The molecule has 1 aromatic carbocycles. The van der Waals surface area contributed by atoms with Crippen molar-refractivity contribution in [3.63, 3.8) is 0 Å². The summed E-state index contributed by atoms with van der Waals surface area (Å²) in [6.45, 7) is 0.383. The first-order chi connectivity index (χ1) is 8.75. The van der Waals surface area contributed by atoms with Crippen LogP contribution >= 0.6 is 0 Å². The number of rotatable bonds is 4. The van der Waals surface area contributed by atoms with Crippen LogP contribution in [0.25, 0.3) is 0 Å². The minimum Gasteiger partial charge on any atom is -0.490 e. The molecule has 0 unspecified atom stereocenters. The Morgan fingerprint density at radius 2 is 1.94 bits per heavy atom. The summed E-state index contributed by atoms with van der Waals surface area (Å²) < 4.78 is 18.6. The van der Waals surface area contributed by atoms with Crippen molar-refractivity contribution in [3.05, 3.63) is 53.9 Å². The van der Waals surface area contributed by atoms with Crippen molar-refractivity contribution < 1.29 is 13.9 Å². The predicted molar refractivity (Wildman–Crippen MR) is 68.0 cm³/mol. The molecule has 0 aliphatic heterocycles. The number of benzene rings is 1. The van der Waals surface area contributed by atoms with Crippen LogP contribution in [0.5, 0.6) is 5.75 Å². The summed E-state index contributed by atoms with van der Waals surface area (Å²) in [6.07, 6.45) is 7.42. The molecule has 0 bridgehead atoms. The molecule has 0 heterocycles. The van der Waals surface area contributed by atoms with Crippen LogP contribution < -0.4 is 4.74 Å². The molecule has 94 valence electrons. The van der Waals surface area contributed by atoms with Crippen LogP contribution in [0.15, 0.2) is 48.1 Å². The zero-order valence-corrected chi connectivity index (χ0v) is 10.1. The van der Waals surface area contributed by atoms with E-state index in [4.69, 9.17) is 4.74 Å². The topological polar surface area (TPSA) is 26.3 Å².